The second-order valence-corrected chi connectivity index (χ2v) is 6.44. The summed E-state index contributed by atoms with van der Waals surface area (Å²) >= 11 is 0. The van der Waals surface area contributed by atoms with E-state index >= 15 is 0 Å². The molecule has 1 aromatic rings. The lowest BCUT2D eigenvalue weighted by Gasteiger charge is -2.36. The smallest absolute Gasteiger partial charge is 0.306 e. The number of aliphatic carboxylic acids is 1. The lowest BCUT2D eigenvalue weighted by atomic mass is 9.88. The third-order valence-corrected chi connectivity index (χ3v) is 4.97. The van der Waals surface area contributed by atoms with Gasteiger partial charge < -0.3 is 5.11 Å². The molecule has 2 unspecified atom stereocenters. The highest BCUT2D eigenvalue weighted by atomic mass is 16.4. The largest absolute Gasteiger partial charge is 0.481 e. The molecule has 2 atom stereocenters. The van der Waals surface area contributed by atoms with Crippen molar-refractivity contribution in [3.8, 4) is 0 Å². The van der Waals surface area contributed by atoms with Gasteiger partial charge in [-0.2, -0.15) is 0 Å². The number of carboxylic acids is 1. The van der Waals surface area contributed by atoms with Gasteiger partial charge in [0.15, 0.2) is 0 Å². The Balaban J connectivity index is 1.97. The molecule has 0 aliphatic carbocycles. The van der Waals surface area contributed by atoms with Crippen molar-refractivity contribution in [1.82, 2.24) is 4.90 Å². The summed E-state index contributed by atoms with van der Waals surface area (Å²) in [5.41, 5.74) is 2.87. The van der Waals surface area contributed by atoms with E-state index in [0.717, 1.165) is 51.6 Å². The highest BCUT2D eigenvalue weighted by Crippen LogP contribution is 2.27. The topological polar surface area (TPSA) is 40.5 Å². The molecule has 0 aromatic heterocycles. The normalized spacial score (nSPS) is 19.6. The standard InChI is InChI=1S/C19H29NO2/c1-3-5-8-15(19(21)22)11-12-18-13-16-9-6-7-10-17(16)14-20(18)4-2/h6-7,9-10,15,18H,3-5,8,11-14H2,1-2H3,(H,21,22). The molecule has 2 rings (SSSR count). The molecule has 3 heteroatoms. The number of fused-ring (bicyclic) bond motifs is 1. The van der Waals surface area contributed by atoms with E-state index in [9.17, 15) is 9.90 Å². The number of unbranched alkanes of at least 4 members (excludes halogenated alkanes) is 1. The van der Waals surface area contributed by atoms with Gasteiger partial charge in [-0.25, -0.2) is 0 Å². The number of likely N-dealkylation sites (N-methyl/N-ethyl adjacent to an activating group) is 1. The number of rotatable bonds is 8. The van der Waals surface area contributed by atoms with Gasteiger partial charge in [0.1, 0.15) is 0 Å². The second kappa shape index (κ2) is 8.33. The third-order valence-electron chi connectivity index (χ3n) is 4.97. The molecule has 0 spiro atoms. The maximum absolute atomic E-state index is 11.4. The summed E-state index contributed by atoms with van der Waals surface area (Å²) in [6.45, 7) is 6.36. The molecule has 1 heterocycles. The first-order valence-corrected chi connectivity index (χ1v) is 8.69. The first-order valence-electron chi connectivity index (χ1n) is 8.69. The molecule has 3 nitrogen and oxygen atoms in total. The Hall–Kier alpha value is -1.35. The van der Waals surface area contributed by atoms with Crippen molar-refractivity contribution < 1.29 is 9.90 Å². The number of carbonyl (C=O) groups is 1. The minimum Gasteiger partial charge on any atom is -0.481 e. The second-order valence-electron chi connectivity index (χ2n) is 6.44. The summed E-state index contributed by atoms with van der Waals surface area (Å²) in [6, 6.07) is 9.15. The Morgan fingerprint density at radius 1 is 1.27 bits per heavy atom. The monoisotopic (exact) mass is 303 g/mol. The lowest BCUT2D eigenvalue weighted by molar-refractivity contribution is -0.142. The number of hydrogen-bond donors (Lipinski definition) is 1. The Morgan fingerprint density at radius 3 is 2.64 bits per heavy atom. The van der Waals surface area contributed by atoms with Gasteiger partial charge in [0.25, 0.3) is 0 Å². The fourth-order valence-electron chi connectivity index (χ4n) is 3.53. The van der Waals surface area contributed by atoms with Crippen LogP contribution in [0.15, 0.2) is 24.3 Å². The van der Waals surface area contributed by atoms with Crippen LogP contribution in [0, 0.1) is 5.92 Å². The van der Waals surface area contributed by atoms with Crippen molar-refractivity contribution >= 4 is 5.97 Å². The quantitative estimate of drug-likeness (QED) is 0.786. The van der Waals surface area contributed by atoms with E-state index in [-0.39, 0.29) is 5.92 Å². The van der Waals surface area contributed by atoms with Crippen molar-refractivity contribution in [2.24, 2.45) is 5.92 Å². The zero-order chi connectivity index (χ0) is 15.9. The molecule has 1 aliphatic heterocycles. The fourth-order valence-corrected chi connectivity index (χ4v) is 3.53. The van der Waals surface area contributed by atoms with E-state index in [4.69, 9.17) is 0 Å². The molecule has 1 aromatic carbocycles. The van der Waals surface area contributed by atoms with E-state index < -0.39 is 5.97 Å². The summed E-state index contributed by atoms with van der Waals surface area (Å²) in [6.07, 6.45) is 5.76. The molecular weight excluding hydrogens is 274 g/mol. The molecular formula is C19H29NO2. The summed E-state index contributed by atoms with van der Waals surface area (Å²) in [5, 5.41) is 9.40. The molecule has 122 valence electrons. The highest BCUT2D eigenvalue weighted by molar-refractivity contribution is 5.69. The number of carboxylic acid groups (broad SMARTS) is 1. The Bertz CT molecular complexity index is 486. The fraction of sp³-hybridized carbons (Fsp3) is 0.632. The summed E-state index contributed by atoms with van der Waals surface area (Å²) in [4.78, 5) is 13.9. The summed E-state index contributed by atoms with van der Waals surface area (Å²) < 4.78 is 0. The molecule has 0 amide bonds. The first-order chi connectivity index (χ1) is 10.7. The van der Waals surface area contributed by atoms with Crippen LogP contribution in [0.5, 0.6) is 0 Å². The zero-order valence-electron chi connectivity index (χ0n) is 13.9. The molecule has 1 N–H and O–H groups in total. The van der Waals surface area contributed by atoms with Gasteiger partial charge in [-0.1, -0.05) is 51.0 Å². The Morgan fingerprint density at radius 2 is 2.00 bits per heavy atom. The molecule has 0 saturated heterocycles. The van der Waals surface area contributed by atoms with Crippen molar-refractivity contribution in [2.45, 2.75) is 65.0 Å². The van der Waals surface area contributed by atoms with Gasteiger partial charge >= 0.3 is 5.97 Å². The van der Waals surface area contributed by atoms with Crippen LogP contribution in [0.2, 0.25) is 0 Å². The minimum atomic E-state index is -0.618. The van der Waals surface area contributed by atoms with Crippen LogP contribution in [-0.4, -0.2) is 28.6 Å². The van der Waals surface area contributed by atoms with Crippen LogP contribution in [0.1, 0.15) is 57.1 Å². The molecule has 0 saturated carbocycles. The van der Waals surface area contributed by atoms with Gasteiger partial charge in [0.2, 0.25) is 0 Å². The number of hydrogen-bond acceptors (Lipinski definition) is 2. The predicted octanol–water partition coefficient (Wildman–Crippen LogP) is 4.10. The molecule has 0 bridgehead atoms. The van der Waals surface area contributed by atoms with E-state index in [1.54, 1.807) is 0 Å². The van der Waals surface area contributed by atoms with E-state index in [1.807, 2.05) is 0 Å². The zero-order valence-corrected chi connectivity index (χ0v) is 13.9. The maximum Gasteiger partial charge on any atom is 0.306 e. The van der Waals surface area contributed by atoms with E-state index in [2.05, 4.69) is 43.0 Å². The minimum absolute atomic E-state index is 0.171. The van der Waals surface area contributed by atoms with Gasteiger partial charge in [0.05, 0.1) is 5.92 Å². The summed E-state index contributed by atoms with van der Waals surface area (Å²) in [7, 11) is 0. The van der Waals surface area contributed by atoms with Crippen LogP contribution in [0.25, 0.3) is 0 Å². The van der Waals surface area contributed by atoms with E-state index in [1.165, 1.54) is 11.1 Å². The molecule has 0 fully saturated rings. The van der Waals surface area contributed by atoms with Gasteiger partial charge in [-0.05, 0) is 43.4 Å². The van der Waals surface area contributed by atoms with Crippen LogP contribution < -0.4 is 0 Å². The van der Waals surface area contributed by atoms with Gasteiger partial charge in [0, 0.05) is 12.6 Å². The van der Waals surface area contributed by atoms with Crippen molar-refractivity contribution in [2.75, 3.05) is 6.54 Å². The number of nitrogens with zero attached hydrogens (tertiary/aromatic N) is 1. The van der Waals surface area contributed by atoms with Crippen LogP contribution >= 0.6 is 0 Å². The average Bonchev–Trinajstić information content (AvgIpc) is 2.53. The Kier molecular flexibility index (Phi) is 6.44. The summed E-state index contributed by atoms with van der Waals surface area (Å²) in [5.74, 6) is -0.788. The van der Waals surface area contributed by atoms with Crippen LogP contribution in [0.3, 0.4) is 0 Å². The van der Waals surface area contributed by atoms with E-state index in [0.29, 0.717) is 6.04 Å². The Labute approximate surface area is 134 Å². The van der Waals surface area contributed by atoms with Crippen molar-refractivity contribution in [3.05, 3.63) is 35.4 Å². The highest BCUT2D eigenvalue weighted by Gasteiger charge is 2.26. The molecule has 22 heavy (non-hydrogen) atoms. The third kappa shape index (κ3) is 4.33. The van der Waals surface area contributed by atoms with Crippen molar-refractivity contribution in [3.63, 3.8) is 0 Å². The van der Waals surface area contributed by atoms with Gasteiger partial charge in [-0.3, -0.25) is 9.69 Å². The lowest BCUT2D eigenvalue weighted by Crippen LogP contribution is -2.40. The SMILES string of the molecule is CCCCC(CCC1Cc2ccccc2CN1CC)C(=O)O. The van der Waals surface area contributed by atoms with Crippen LogP contribution in [0.4, 0.5) is 0 Å². The first kappa shape index (κ1) is 17.0. The maximum atomic E-state index is 11.4. The van der Waals surface area contributed by atoms with Crippen LogP contribution in [-0.2, 0) is 17.8 Å². The van der Waals surface area contributed by atoms with Gasteiger partial charge in [-0.15, -0.1) is 0 Å². The average molecular weight is 303 g/mol. The van der Waals surface area contributed by atoms with Crippen molar-refractivity contribution in [1.29, 1.82) is 0 Å². The number of benzene rings is 1. The molecule has 0 radical (unpaired) electrons. The predicted molar refractivity (Wildman–Crippen MR) is 89.9 cm³/mol. The molecule has 1 aliphatic rings.